The number of carbonyl (C=O) groups is 1. The fourth-order valence-corrected chi connectivity index (χ4v) is 6.57. The van der Waals surface area contributed by atoms with Gasteiger partial charge in [0.05, 0.1) is 11.3 Å². The first-order valence-electron chi connectivity index (χ1n) is 16.0. The maximum Gasteiger partial charge on any atom is 0.162 e. The van der Waals surface area contributed by atoms with Crippen LogP contribution in [0.3, 0.4) is 0 Å². The van der Waals surface area contributed by atoms with E-state index in [1.54, 1.807) is 0 Å². The minimum atomic E-state index is -0.147. The van der Waals surface area contributed by atoms with Crippen LogP contribution >= 0.6 is 0 Å². The summed E-state index contributed by atoms with van der Waals surface area (Å²) in [5.74, 6) is 0.547. The third-order valence-electron chi connectivity index (χ3n) is 8.99. The number of benzene rings is 2. The molecule has 0 spiro atoms. The molecule has 237 valence electrons. The normalized spacial score (nSPS) is 13.8. The first-order chi connectivity index (χ1) is 20.4. The van der Waals surface area contributed by atoms with Gasteiger partial charge >= 0.3 is 0 Å². The molecule has 0 fully saturated rings. The Kier molecular flexibility index (Phi) is 11.7. The third kappa shape index (κ3) is 7.32. The standard InChI is InChI=1S/C26H25N2.C13H24O2.Ir/c1-25(2,3)13-16-12-19-21(27-14-16)15-28-24-18-10-6-8-17-9-7-11-20(22(17)18)26(4,5)23(19)24;1-5-10(6-2)12(14)9-13(15)11(7-3)8-4;/h6-9,11-12,14-15H,13H2,1-5H3;9-11,14H,5-8H2,1-4H3;/q-1;;/b;12-9-;. The minimum Gasteiger partial charge on any atom is -0.512 e. The van der Waals surface area contributed by atoms with E-state index in [2.05, 4.69) is 71.0 Å². The quantitative estimate of drug-likeness (QED) is 0.110. The zero-order chi connectivity index (χ0) is 31.5. The van der Waals surface area contributed by atoms with Gasteiger partial charge in [-0.15, -0.1) is 29.1 Å². The molecule has 0 saturated carbocycles. The smallest absolute Gasteiger partial charge is 0.162 e. The summed E-state index contributed by atoms with van der Waals surface area (Å²) in [6, 6.07) is 16.6. The second kappa shape index (κ2) is 14.5. The van der Waals surface area contributed by atoms with Crippen molar-refractivity contribution in [1.29, 1.82) is 0 Å². The molecular formula is C39H49IrN2O2-. The molecule has 0 atom stereocenters. The molecule has 0 bridgehead atoms. The molecule has 0 amide bonds. The number of hydrogen-bond donors (Lipinski definition) is 1. The van der Waals surface area contributed by atoms with Gasteiger partial charge in [0.15, 0.2) is 5.78 Å². The van der Waals surface area contributed by atoms with Crippen LogP contribution in [0.1, 0.15) is 105 Å². The van der Waals surface area contributed by atoms with Gasteiger partial charge in [-0.3, -0.25) is 9.78 Å². The van der Waals surface area contributed by atoms with Crippen LogP contribution in [-0.2, 0) is 36.7 Å². The van der Waals surface area contributed by atoms with Crippen molar-refractivity contribution in [3.63, 3.8) is 0 Å². The molecule has 44 heavy (non-hydrogen) atoms. The van der Waals surface area contributed by atoms with Crippen LogP contribution in [0.5, 0.6) is 0 Å². The summed E-state index contributed by atoms with van der Waals surface area (Å²) >= 11 is 0. The van der Waals surface area contributed by atoms with Gasteiger partial charge in [-0.2, -0.15) is 0 Å². The number of pyridine rings is 2. The Morgan fingerprint density at radius 2 is 1.64 bits per heavy atom. The van der Waals surface area contributed by atoms with Crippen molar-refractivity contribution < 1.29 is 30.0 Å². The summed E-state index contributed by atoms with van der Waals surface area (Å²) in [5.41, 5.74) is 7.12. The van der Waals surface area contributed by atoms with Crippen LogP contribution in [0.4, 0.5) is 0 Å². The van der Waals surface area contributed by atoms with Crippen LogP contribution < -0.4 is 0 Å². The van der Waals surface area contributed by atoms with Crippen LogP contribution in [0.2, 0.25) is 0 Å². The number of carbonyl (C=O) groups excluding carboxylic acids is 1. The Labute approximate surface area is 278 Å². The molecule has 0 saturated heterocycles. The van der Waals surface area contributed by atoms with Gasteiger partial charge in [0.1, 0.15) is 0 Å². The second-order valence-electron chi connectivity index (χ2n) is 13.7. The van der Waals surface area contributed by atoms with Gasteiger partial charge in [0.2, 0.25) is 0 Å². The summed E-state index contributed by atoms with van der Waals surface area (Å²) in [6.45, 7) is 19.5. The maximum atomic E-state index is 11.7. The van der Waals surface area contributed by atoms with Gasteiger partial charge in [-0.1, -0.05) is 91.5 Å². The van der Waals surface area contributed by atoms with E-state index in [0.29, 0.717) is 0 Å². The first kappa shape index (κ1) is 35.6. The van der Waals surface area contributed by atoms with Crippen molar-refractivity contribution in [3.05, 3.63) is 83.4 Å². The molecule has 1 aliphatic rings. The largest absolute Gasteiger partial charge is 0.512 e. The van der Waals surface area contributed by atoms with Crippen molar-refractivity contribution >= 4 is 27.5 Å². The molecule has 1 radical (unpaired) electrons. The zero-order valence-corrected chi connectivity index (χ0v) is 30.4. The number of nitrogens with zero attached hydrogens (tertiary/aromatic N) is 2. The molecule has 2 aromatic heterocycles. The molecule has 4 nitrogen and oxygen atoms in total. The van der Waals surface area contributed by atoms with Gasteiger partial charge in [0.25, 0.3) is 0 Å². The Balaban J connectivity index is 0.000000286. The molecule has 5 heteroatoms. The van der Waals surface area contributed by atoms with E-state index in [0.717, 1.165) is 48.9 Å². The molecule has 5 rings (SSSR count). The summed E-state index contributed by atoms with van der Waals surface area (Å²) < 4.78 is 0. The van der Waals surface area contributed by atoms with Crippen molar-refractivity contribution in [2.45, 2.75) is 99.8 Å². The third-order valence-corrected chi connectivity index (χ3v) is 8.99. The van der Waals surface area contributed by atoms with Gasteiger partial charge in [-0.05, 0) is 65.8 Å². The van der Waals surface area contributed by atoms with Crippen molar-refractivity contribution in [1.82, 2.24) is 9.97 Å². The number of allylic oxidation sites excluding steroid dienone is 2. The van der Waals surface area contributed by atoms with Crippen molar-refractivity contribution in [3.8, 4) is 11.3 Å². The Bertz CT molecular complexity index is 1630. The zero-order valence-electron chi connectivity index (χ0n) is 28.0. The minimum absolute atomic E-state index is 0. The Morgan fingerprint density at radius 3 is 2.25 bits per heavy atom. The van der Waals surface area contributed by atoms with E-state index >= 15 is 0 Å². The number of hydrogen-bond acceptors (Lipinski definition) is 4. The van der Waals surface area contributed by atoms with Crippen LogP contribution in [0.25, 0.3) is 32.9 Å². The van der Waals surface area contributed by atoms with Crippen LogP contribution in [-0.4, -0.2) is 20.9 Å². The van der Waals surface area contributed by atoms with E-state index in [-0.39, 0.29) is 54.3 Å². The number of rotatable bonds is 8. The first-order valence-corrected chi connectivity index (χ1v) is 16.0. The Hall–Kier alpha value is -2.88. The van der Waals surface area contributed by atoms with E-state index in [1.807, 2.05) is 46.2 Å². The number of aromatic nitrogens is 2. The fraction of sp³-hybridized carbons (Fsp3) is 0.462. The molecule has 1 aliphatic carbocycles. The van der Waals surface area contributed by atoms with Gasteiger partial charge in [-0.25, -0.2) is 0 Å². The average Bonchev–Trinajstić information content (AvgIpc) is 2.96. The second-order valence-corrected chi connectivity index (χ2v) is 13.7. The topological polar surface area (TPSA) is 63.1 Å². The van der Waals surface area contributed by atoms with E-state index in [4.69, 9.17) is 9.97 Å². The molecule has 0 unspecified atom stereocenters. The summed E-state index contributed by atoms with van der Waals surface area (Å²) in [4.78, 5) is 21.4. The maximum absolute atomic E-state index is 11.7. The van der Waals surface area contributed by atoms with E-state index in [1.165, 1.54) is 38.9 Å². The Morgan fingerprint density at radius 1 is 0.977 bits per heavy atom. The number of aliphatic hydroxyl groups is 1. The molecule has 2 heterocycles. The van der Waals surface area contributed by atoms with Gasteiger partial charge < -0.3 is 10.1 Å². The molecule has 2 aromatic carbocycles. The molecule has 4 aromatic rings. The number of fused-ring (bicyclic) bond motifs is 4. The van der Waals surface area contributed by atoms with Crippen molar-refractivity contribution in [2.24, 2.45) is 17.3 Å². The fourth-order valence-electron chi connectivity index (χ4n) is 6.57. The molecular weight excluding hydrogens is 721 g/mol. The SMILES string of the molecule is CC(C)(C)Cc1cnc2cnc3c(c2c1)C(C)(C)c1cccc2cc[c-]c-3c12.CCC(CC)C(=O)/C=C(\O)C(CC)CC.[Ir]. The van der Waals surface area contributed by atoms with E-state index in [9.17, 15) is 9.90 Å². The predicted molar refractivity (Wildman–Crippen MR) is 180 cm³/mol. The van der Waals surface area contributed by atoms with E-state index < -0.39 is 0 Å². The summed E-state index contributed by atoms with van der Waals surface area (Å²) in [5, 5.41) is 13.5. The predicted octanol–water partition coefficient (Wildman–Crippen LogP) is 10.3. The van der Waals surface area contributed by atoms with Gasteiger partial charge in [0, 0.05) is 55.8 Å². The van der Waals surface area contributed by atoms with Crippen LogP contribution in [0.15, 0.2) is 60.6 Å². The molecule has 0 aliphatic heterocycles. The number of aliphatic hydroxyl groups excluding tert-OH is 1. The average molecular weight is 770 g/mol. The monoisotopic (exact) mass is 770 g/mol. The number of ketones is 1. The van der Waals surface area contributed by atoms with Crippen LogP contribution in [0, 0.1) is 23.3 Å². The summed E-state index contributed by atoms with van der Waals surface area (Å²) in [7, 11) is 0. The molecule has 1 N–H and O–H groups in total. The van der Waals surface area contributed by atoms with Crippen molar-refractivity contribution in [2.75, 3.05) is 0 Å². The summed E-state index contributed by atoms with van der Waals surface area (Å²) in [6.07, 6.45) is 9.85.